The zero-order valence-corrected chi connectivity index (χ0v) is 10.7. The highest BCUT2D eigenvalue weighted by Gasteiger charge is 2.14. The number of hydrogen-bond donors (Lipinski definition) is 1. The van der Waals surface area contributed by atoms with E-state index in [0.717, 1.165) is 44.3 Å². The Labute approximate surface area is 101 Å². The van der Waals surface area contributed by atoms with E-state index < -0.39 is 0 Å². The summed E-state index contributed by atoms with van der Waals surface area (Å²) in [5.74, 6) is 0.738. The van der Waals surface area contributed by atoms with Crippen LogP contribution in [-0.4, -0.2) is 31.3 Å². The molecule has 1 unspecified atom stereocenters. The van der Waals surface area contributed by atoms with Gasteiger partial charge >= 0.3 is 0 Å². The number of aromatic nitrogens is 1. The number of hydrogen-bond acceptors (Lipinski definition) is 4. The van der Waals surface area contributed by atoms with Gasteiger partial charge in [-0.25, -0.2) is 4.98 Å². The number of rotatable bonds is 6. The van der Waals surface area contributed by atoms with Crippen LogP contribution >= 0.6 is 11.3 Å². The van der Waals surface area contributed by atoms with Crippen LogP contribution < -0.4 is 5.32 Å². The number of aryl methyl sites for hydroxylation is 2. The van der Waals surface area contributed by atoms with E-state index >= 15 is 0 Å². The molecule has 1 atom stereocenters. The van der Waals surface area contributed by atoms with Crippen LogP contribution in [0.25, 0.3) is 0 Å². The molecule has 1 aliphatic heterocycles. The van der Waals surface area contributed by atoms with Gasteiger partial charge in [0.05, 0.1) is 11.6 Å². The van der Waals surface area contributed by atoms with E-state index in [1.54, 1.807) is 11.3 Å². The van der Waals surface area contributed by atoms with Crippen molar-refractivity contribution in [3.8, 4) is 0 Å². The molecular weight excluding hydrogens is 220 g/mol. The predicted molar refractivity (Wildman–Crippen MR) is 67.0 cm³/mol. The number of thiazole rings is 1. The van der Waals surface area contributed by atoms with Gasteiger partial charge in [0.25, 0.3) is 0 Å². The summed E-state index contributed by atoms with van der Waals surface area (Å²) >= 11 is 1.77. The van der Waals surface area contributed by atoms with E-state index in [9.17, 15) is 0 Å². The van der Waals surface area contributed by atoms with Gasteiger partial charge in [0, 0.05) is 30.6 Å². The summed E-state index contributed by atoms with van der Waals surface area (Å²) in [6, 6.07) is 0. The van der Waals surface area contributed by atoms with Gasteiger partial charge < -0.3 is 10.1 Å². The van der Waals surface area contributed by atoms with Crippen LogP contribution in [0.4, 0.5) is 0 Å². The van der Waals surface area contributed by atoms with Crippen LogP contribution in [0.15, 0.2) is 5.38 Å². The SMILES string of the molecule is Cc1csc(CCCNCC2CCOC2)n1. The minimum Gasteiger partial charge on any atom is -0.381 e. The zero-order valence-electron chi connectivity index (χ0n) is 9.87. The molecule has 0 radical (unpaired) electrons. The first-order chi connectivity index (χ1) is 7.84. The Hall–Kier alpha value is -0.450. The van der Waals surface area contributed by atoms with E-state index in [-0.39, 0.29) is 0 Å². The van der Waals surface area contributed by atoms with Crippen LogP contribution in [0.3, 0.4) is 0 Å². The van der Waals surface area contributed by atoms with Gasteiger partial charge in [0.2, 0.25) is 0 Å². The van der Waals surface area contributed by atoms with Crippen LogP contribution in [-0.2, 0) is 11.2 Å². The second-order valence-electron chi connectivity index (χ2n) is 4.42. The molecule has 90 valence electrons. The van der Waals surface area contributed by atoms with Crippen molar-refractivity contribution >= 4 is 11.3 Å². The molecule has 0 amide bonds. The molecule has 2 rings (SSSR count). The molecule has 1 N–H and O–H groups in total. The molecule has 0 bridgehead atoms. The summed E-state index contributed by atoms with van der Waals surface area (Å²) in [6.45, 7) is 6.15. The van der Waals surface area contributed by atoms with Gasteiger partial charge in [-0.05, 0) is 32.2 Å². The average molecular weight is 240 g/mol. The second-order valence-corrected chi connectivity index (χ2v) is 5.36. The van der Waals surface area contributed by atoms with Crippen molar-refractivity contribution in [1.82, 2.24) is 10.3 Å². The lowest BCUT2D eigenvalue weighted by Gasteiger charge is -2.08. The maximum atomic E-state index is 5.34. The Morgan fingerprint density at radius 3 is 3.25 bits per heavy atom. The van der Waals surface area contributed by atoms with Gasteiger partial charge in [-0.2, -0.15) is 0 Å². The van der Waals surface area contributed by atoms with Crippen LogP contribution in [0, 0.1) is 12.8 Å². The lowest BCUT2D eigenvalue weighted by atomic mass is 10.1. The molecule has 0 aromatic carbocycles. The van der Waals surface area contributed by atoms with Crippen molar-refractivity contribution in [2.45, 2.75) is 26.2 Å². The Kier molecular flexibility index (Phi) is 4.75. The van der Waals surface area contributed by atoms with E-state index in [2.05, 4.69) is 22.6 Å². The summed E-state index contributed by atoms with van der Waals surface area (Å²) in [6.07, 6.45) is 3.51. The van der Waals surface area contributed by atoms with Crippen molar-refractivity contribution < 1.29 is 4.74 Å². The number of nitrogens with zero attached hydrogens (tertiary/aromatic N) is 1. The molecule has 1 aliphatic rings. The summed E-state index contributed by atoms with van der Waals surface area (Å²) in [7, 11) is 0. The highest BCUT2D eigenvalue weighted by atomic mass is 32.1. The molecule has 4 heteroatoms. The lowest BCUT2D eigenvalue weighted by molar-refractivity contribution is 0.185. The average Bonchev–Trinajstić information content (AvgIpc) is 2.89. The van der Waals surface area contributed by atoms with Gasteiger partial charge in [0.1, 0.15) is 0 Å². The van der Waals surface area contributed by atoms with Crippen molar-refractivity contribution in [2.75, 3.05) is 26.3 Å². The molecule has 16 heavy (non-hydrogen) atoms. The Bertz CT molecular complexity index is 308. The molecule has 0 spiro atoms. The molecule has 1 aromatic heterocycles. The maximum Gasteiger partial charge on any atom is 0.0928 e. The zero-order chi connectivity index (χ0) is 11.2. The first-order valence-electron chi connectivity index (χ1n) is 6.04. The quantitative estimate of drug-likeness (QED) is 0.772. The molecule has 1 saturated heterocycles. The summed E-state index contributed by atoms with van der Waals surface area (Å²) in [5, 5.41) is 6.89. The topological polar surface area (TPSA) is 34.1 Å². The molecule has 1 aromatic rings. The first-order valence-corrected chi connectivity index (χ1v) is 6.92. The molecule has 0 saturated carbocycles. The van der Waals surface area contributed by atoms with Crippen molar-refractivity contribution in [3.05, 3.63) is 16.1 Å². The van der Waals surface area contributed by atoms with Gasteiger partial charge in [0.15, 0.2) is 0 Å². The summed E-state index contributed by atoms with van der Waals surface area (Å²) in [5.41, 5.74) is 1.15. The number of nitrogens with one attached hydrogen (secondary N) is 1. The van der Waals surface area contributed by atoms with E-state index in [0.29, 0.717) is 0 Å². The van der Waals surface area contributed by atoms with Crippen LogP contribution in [0.1, 0.15) is 23.5 Å². The van der Waals surface area contributed by atoms with Gasteiger partial charge in [-0.3, -0.25) is 0 Å². The monoisotopic (exact) mass is 240 g/mol. The third-order valence-corrected chi connectivity index (χ3v) is 3.89. The lowest BCUT2D eigenvalue weighted by Crippen LogP contribution is -2.24. The third kappa shape index (κ3) is 3.85. The first kappa shape index (κ1) is 12.0. The van der Waals surface area contributed by atoms with E-state index in [4.69, 9.17) is 4.74 Å². The minimum atomic E-state index is 0.738. The number of ether oxygens (including phenoxy) is 1. The Morgan fingerprint density at radius 1 is 1.62 bits per heavy atom. The normalized spacial score (nSPS) is 20.4. The minimum absolute atomic E-state index is 0.738. The molecule has 3 nitrogen and oxygen atoms in total. The summed E-state index contributed by atoms with van der Waals surface area (Å²) in [4.78, 5) is 4.46. The Balaban J connectivity index is 1.51. The third-order valence-electron chi connectivity index (χ3n) is 2.87. The van der Waals surface area contributed by atoms with Crippen LogP contribution in [0.2, 0.25) is 0 Å². The van der Waals surface area contributed by atoms with E-state index in [1.807, 2.05) is 0 Å². The van der Waals surface area contributed by atoms with Gasteiger partial charge in [-0.1, -0.05) is 0 Å². The van der Waals surface area contributed by atoms with Crippen LogP contribution in [0.5, 0.6) is 0 Å². The molecule has 1 fully saturated rings. The maximum absolute atomic E-state index is 5.34. The van der Waals surface area contributed by atoms with E-state index in [1.165, 1.54) is 17.8 Å². The predicted octanol–water partition coefficient (Wildman–Crippen LogP) is 2.01. The Morgan fingerprint density at radius 2 is 2.56 bits per heavy atom. The van der Waals surface area contributed by atoms with Crippen molar-refractivity contribution in [3.63, 3.8) is 0 Å². The summed E-state index contributed by atoms with van der Waals surface area (Å²) < 4.78 is 5.34. The standard InChI is InChI=1S/C12H20N2OS/c1-10-9-16-12(14-10)3-2-5-13-7-11-4-6-15-8-11/h9,11,13H,2-8H2,1H3. The fraction of sp³-hybridized carbons (Fsp3) is 0.750. The molecule has 2 heterocycles. The molecule has 0 aliphatic carbocycles. The van der Waals surface area contributed by atoms with Crippen molar-refractivity contribution in [2.24, 2.45) is 5.92 Å². The van der Waals surface area contributed by atoms with Crippen molar-refractivity contribution in [1.29, 1.82) is 0 Å². The van der Waals surface area contributed by atoms with Gasteiger partial charge in [-0.15, -0.1) is 11.3 Å². The molecular formula is C12H20N2OS. The largest absolute Gasteiger partial charge is 0.381 e. The smallest absolute Gasteiger partial charge is 0.0928 e. The highest BCUT2D eigenvalue weighted by Crippen LogP contribution is 2.11. The highest BCUT2D eigenvalue weighted by molar-refractivity contribution is 7.09. The fourth-order valence-corrected chi connectivity index (χ4v) is 2.75. The second kappa shape index (κ2) is 6.33. The fourth-order valence-electron chi connectivity index (χ4n) is 1.93.